The SMILES string of the molecule is C=C(CCN)c1ccc(C(F)(F)F)cc1C. The van der Waals surface area contributed by atoms with E-state index < -0.39 is 11.7 Å². The van der Waals surface area contributed by atoms with Gasteiger partial charge >= 0.3 is 6.18 Å². The van der Waals surface area contributed by atoms with Crippen LogP contribution in [0.25, 0.3) is 5.57 Å². The van der Waals surface area contributed by atoms with E-state index in [1.165, 1.54) is 6.07 Å². The quantitative estimate of drug-likeness (QED) is 0.844. The van der Waals surface area contributed by atoms with E-state index in [1.807, 2.05) is 0 Å². The van der Waals surface area contributed by atoms with Crippen LogP contribution in [0.2, 0.25) is 0 Å². The summed E-state index contributed by atoms with van der Waals surface area (Å²) in [6, 6.07) is 3.66. The Morgan fingerprint density at radius 2 is 2.00 bits per heavy atom. The summed E-state index contributed by atoms with van der Waals surface area (Å²) < 4.78 is 37.2. The first-order chi connectivity index (χ1) is 7.36. The lowest BCUT2D eigenvalue weighted by molar-refractivity contribution is -0.137. The molecule has 0 heterocycles. The largest absolute Gasteiger partial charge is 0.416 e. The zero-order valence-electron chi connectivity index (χ0n) is 9.06. The molecule has 0 unspecified atom stereocenters. The van der Waals surface area contributed by atoms with Gasteiger partial charge in [0, 0.05) is 0 Å². The fraction of sp³-hybridized carbons (Fsp3) is 0.333. The van der Waals surface area contributed by atoms with Crippen molar-refractivity contribution in [3.8, 4) is 0 Å². The Kier molecular flexibility index (Phi) is 3.75. The van der Waals surface area contributed by atoms with Crippen molar-refractivity contribution >= 4 is 5.57 Å². The van der Waals surface area contributed by atoms with Crippen molar-refractivity contribution in [3.05, 3.63) is 41.5 Å². The molecule has 0 bridgehead atoms. The molecular weight excluding hydrogens is 215 g/mol. The predicted molar refractivity (Wildman–Crippen MR) is 58.9 cm³/mol. The van der Waals surface area contributed by atoms with Crippen molar-refractivity contribution in [2.45, 2.75) is 19.5 Å². The number of benzene rings is 1. The lowest BCUT2D eigenvalue weighted by Gasteiger charge is -2.12. The molecule has 0 atom stereocenters. The molecule has 0 aliphatic carbocycles. The van der Waals surface area contributed by atoms with Gasteiger partial charge in [-0.2, -0.15) is 13.2 Å². The molecule has 16 heavy (non-hydrogen) atoms. The highest BCUT2D eigenvalue weighted by Crippen LogP contribution is 2.31. The second kappa shape index (κ2) is 4.70. The zero-order valence-corrected chi connectivity index (χ0v) is 9.06. The van der Waals surface area contributed by atoms with Gasteiger partial charge in [-0.3, -0.25) is 0 Å². The van der Waals surface area contributed by atoms with E-state index in [0.29, 0.717) is 18.5 Å². The molecule has 0 saturated heterocycles. The lowest BCUT2D eigenvalue weighted by atomic mass is 9.97. The van der Waals surface area contributed by atoms with Gasteiger partial charge in [-0.1, -0.05) is 12.6 Å². The summed E-state index contributed by atoms with van der Waals surface area (Å²) in [7, 11) is 0. The normalized spacial score (nSPS) is 11.6. The maximum atomic E-state index is 12.4. The molecule has 1 aromatic rings. The molecule has 0 fully saturated rings. The Morgan fingerprint density at radius 3 is 2.44 bits per heavy atom. The molecule has 0 amide bonds. The van der Waals surface area contributed by atoms with E-state index in [-0.39, 0.29) is 0 Å². The number of hydrogen-bond donors (Lipinski definition) is 1. The molecule has 1 rings (SSSR count). The molecule has 0 saturated carbocycles. The van der Waals surface area contributed by atoms with Crippen LogP contribution in [0.4, 0.5) is 13.2 Å². The van der Waals surface area contributed by atoms with Crippen LogP contribution in [-0.2, 0) is 6.18 Å². The van der Waals surface area contributed by atoms with E-state index >= 15 is 0 Å². The Hall–Kier alpha value is -1.29. The van der Waals surface area contributed by atoms with Gasteiger partial charge in [0.25, 0.3) is 0 Å². The first-order valence-electron chi connectivity index (χ1n) is 4.92. The number of aryl methyl sites for hydroxylation is 1. The molecular formula is C12H14F3N. The molecule has 0 spiro atoms. The molecule has 4 heteroatoms. The third-order valence-electron chi connectivity index (χ3n) is 2.38. The summed E-state index contributed by atoms with van der Waals surface area (Å²) in [5, 5.41) is 0. The van der Waals surface area contributed by atoms with Crippen molar-refractivity contribution in [2.24, 2.45) is 5.73 Å². The van der Waals surface area contributed by atoms with Crippen molar-refractivity contribution in [2.75, 3.05) is 6.54 Å². The molecule has 88 valence electrons. The predicted octanol–water partition coefficient (Wildman–Crippen LogP) is 3.38. The first-order valence-corrected chi connectivity index (χ1v) is 4.92. The van der Waals surface area contributed by atoms with Crippen LogP contribution < -0.4 is 5.73 Å². The van der Waals surface area contributed by atoms with E-state index in [4.69, 9.17) is 5.73 Å². The van der Waals surface area contributed by atoms with Crippen LogP contribution in [-0.4, -0.2) is 6.54 Å². The molecule has 1 aromatic carbocycles. The van der Waals surface area contributed by atoms with Gasteiger partial charge in [0.15, 0.2) is 0 Å². The highest BCUT2D eigenvalue weighted by atomic mass is 19.4. The van der Waals surface area contributed by atoms with Crippen molar-refractivity contribution in [3.63, 3.8) is 0 Å². The third-order valence-corrected chi connectivity index (χ3v) is 2.38. The first kappa shape index (κ1) is 12.8. The number of hydrogen-bond acceptors (Lipinski definition) is 1. The molecule has 0 aliphatic heterocycles. The Labute approximate surface area is 92.8 Å². The molecule has 0 radical (unpaired) electrons. The maximum Gasteiger partial charge on any atom is 0.416 e. The minimum atomic E-state index is -4.29. The van der Waals surface area contributed by atoms with Gasteiger partial charge in [0.2, 0.25) is 0 Å². The van der Waals surface area contributed by atoms with E-state index in [2.05, 4.69) is 6.58 Å². The number of halogens is 3. The van der Waals surface area contributed by atoms with Crippen molar-refractivity contribution in [1.29, 1.82) is 0 Å². The monoisotopic (exact) mass is 229 g/mol. The summed E-state index contributed by atoms with van der Waals surface area (Å²) >= 11 is 0. The summed E-state index contributed by atoms with van der Waals surface area (Å²) in [6.07, 6.45) is -3.70. The molecule has 0 aromatic heterocycles. The molecule has 1 nitrogen and oxygen atoms in total. The standard InChI is InChI=1S/C12H14F3N/c1-8(5-6-16)11-4-3-10(7-9(11)2)12(13,14)15/h3-4,7H,1,5-6,16H2,2H3. The van der Waals surface area contributed by atoms with E-state index in [9.17, 15) is 13.2 Å². The van der Waals surface area contributed by atoms with Crippen LogP contribution in [0.15, 0.2) is 24.8 Å². The maximum absolute atomic E-state index is 12.4. The van der Waals surface area contributed by atoms with Gasteiger partial charge in [-0.15, -0.1) is 0 Å². The lowest BCUT2D eigenvalue weighted by Crippen LogP contribution is -2.06. The van der Waals surface area contributed by atoms with E-state index in [0.717, 1.165) is 23.3 Å². The van der Waals surface area contributed by atoms with Gasteiger partial charge in [-0.25, -0.2) is 0 Å². The molecule has 0 aliphatic rings. The highest BCUT2D eigenvalue weighted by Gasteiger charge is 2.30. The Balaban J connectivity index is 3.05. The zero-order chi connectivity index (χ0) is 12.3. The van der Waals surface area contributed by atoms with Gasteiger partial charge in [0.1, 0.15) is 0 Å². The third kappa shape index (κ3) is 2.85. The summed E-state index contributed by atoms with van der Waals surface area (Å²) in [5.74, 6) is 0. The van der Waals surface area contributed by atoms with Crippen LogP contribution in [0.1, 0.15) is 23.1 Å². The summed E-state index contributed by atoms with van der Waals surface area (Å²) in [5.41, 5.74) is 6.84. The Bertz CT molecular complexity index is 394. The van der Waals surface area contributed by atoms with Crippen LogP contribution in [0, 0.1) is 6.92 Å². The summed E-state index contributed by atoms with van der Waals surface area (Å²) in [6.45, 7) is 5.89. The fourth-order valence-electron chi connectivity index (χ4n) is 1.55. The topological polar surface area (TPSA) is 26.0 Å². The smallest absolute Gasteiger partial charge is 0.330 e. The van der Waals surface area contributed by atoms with Crippen LogP contribution >= 0.6 is 0 Å². The second-order valence-corrected chi connectivity index (χ2v) is 3.67. The number of nitrogens with two attached hydrogens (primary N) is 1. The Morgan fingerprint density at radius 1 is 1.38 bits per heavy atom. The second-order valence-electron chi connectivity index (χ2n) is 3.67. The molecule has 2 N–H and O–H groups in total. The van der Waals surface area contributed by atoms with Crippen LogP contribution in [0.3, 0.4) is 0 Å². The van der Waals surface area contributed by atoms with Gasteiger partial charge < -0.3 is 5.73 Å². The van der Waals surface area contributed by atoms with Crippen molar-refractivity contribution < 1.29 is 13.2 Å². The highest BCUT2D eigenvalue weighted by molar-refractivity contribution is 5.66. The van der Waals surface area contributed by atoms with Gasteiger partial charge in [0.05, 0.1) is 5.56 Å². The van der Waals surface area contributed by atoms with Gasteiger partial charge in [-0.05, 0) is 48.7 Å². The minimum absolute atomic E-state index is 0.444. The number of alkyl halides is 3. The van der Waals surface area contributed by atoms with Crippen LogP contribution in [0.5, 0.6) is 0 Å². The number of rotatable bonds is 3. The minimum Gasteiger partial charge on any atom is -0.330 e. The average Bonchev–Trinajstić information content (AvgIpc) is 2.16. The van der Waals surface area contributed by atoms with E-state index in [1.54, 1.807) is 6.92 Å². The summed E-state index contributed by atoms with van der Waals surface area (Å²) in [4.78, 5) is 0. The van der Waals surface area contributed by atoms with Crippen molar-refractivity contribution in [1.82, 2.24) is 0 Å². The fourth-order valence-corrected chi connectivity index (χ4v) is 1.55. The average molecular weight is 229 g/mol.